The highest BCUT2D eigenvalue weighted by atomic mass is 35.5. The van der Waals surface area contributed by atoms with Crippen molar-refractivity contribution in [2.24, 2.45) is 5.73 Å². The molecule has 0 amide bonds. The molecule has 1 aromatic carbocycles. The number of hydrogen-bond donors (Lipinski definition) is 2. The molecule has 0 aliphatic rings. The highest BCUT2D eigenvalue weighted by molar-refractivity contribution is 6.32. The number of rotatable bonds is 5. The van der Waals surface area contributed by atoms with Gasteiger partial charge in [-0.2, -0.15) is 8.78 Å². The Hall–Kier alpha value is -1.60. The maximum Gasteiger partial charge on any atom is 0.379 e. The van der Waals surface area contributed by atoms with Crippen LogP contribution in [-0.2, 0) is 9.53 Å². The van der Waals surface area contributed by atoms with E-state index in [1.165, 1.54) is 14.0 Å². The molecule has 0 bridgehead atoms. The van der Waals surface area contributed by atoms with Crippen LogP contribution in [0, 0.1) is 0 Å². The number of esters is 1. The summed E-state index contributed by atoms with van der Waals surface area (Å²) in [4.78, 5) is 11.2. The first-order chi connectivity index (χ1) is 9.25. The van der Waals surface area contributed by atoms with E-state index in [9.17, 15) is 18.7 Å². The van der Waals surface area contributed by atoms with Gasteiger partial charge in [0.1, 0.15) is 6.04 Å². The van der Waals surface area contributed by atoms with Gasteiger partial charge in [0, 0.05) is 0 Å². The number of phenols is 1. The van der Waals surface area contributed by atoms with E-state index in [1.807, 2.05) is 0 Å². The SMILES string of the molecule is CCOC(=O)C(F)(F)[C@@H](N)c1cc(Cl)c(O)c(OC)c1. The quantitative estimate of drug-likeness (QED) is 0.815. The number of halogens is 3. The smallest absolute Gasteiger partial charge is 0.379 e. The van der Waals surface area contributed by atoms with Crippen LogP contribution < -0.4 is 10.5 Å². The molecular formula is C12H14ClF2NO4. The first-order valence-electron chi connectivity index (χ1n) is 5.62. The van der Waals surface area contributed by atoms with Gasteiger partial charge in [-0.25, -0.2) is 4.79 Å². The van der Waals surface area contributed by atoms with Gasteiger partial charge in [0.2, 0.25) is 0 Å². The number of aromatic hydroxyl groups is 1. The van der Waals surface area contributed by atoms with Crippen molar-refractivity contribution in [2.45, 2.75) is 18.9 Å². The second kappa shape index (κ2) is 6.23. The number of benzene rings is 1. The van der Waals surface area contributed by atoms with E-state index < -0.39 is 23.7 Å². The minimum atomic E-state index is -3.93. The largest absolute Gasteiger partial charge is 0.503 e. The van der Waals surface area contributed by atoms with Crippen LogP contribution >= 0.6 is 11.6 Å². The number of alkyl halides is 2. The lowest BCUT2D eigenvalue weighted by molar-refractivity contribution is -0.174. The van der Waals surface area contributed by atoms with Crippen LogP contribution in [0.15, 0.2) is 12.1 Å². The Labute approximate surface area is 119 Å². The summed E-state index contributed by atoms with van der Waals surface area (Å²) in [6, 6.07) is 0.143. The summed E-state index contributed by atoms with van der Waals surface area (Å²) in [5.74, 6) is -6.18. The maximum atomic E-state index is 13.8. The highest BCUT2D eigenvalue weighted by Gasteiger charge is 2.48. The lowest BCUT2D eigenvalue weighted by Gasteiger charge is -2.22. The van der Waals surface area contributed by atoms with Crippen molar-refractivity contribution in [2.75, 3.05) is 13.7 Å². The van der Waals surface area contributed by atoms with Crippen molar-refractivity contribution >= 4 is 17.6 Å². The molecule has 20 heavy (non-hydrogen) atoms. The Morgan fingerprint density at radius 2 is 2.15 bits per heavy atom. The zero-order valence-corrected chi connectivity index (χ0v) is 11.6. The van der Waals surface area contributed by atoms with E-state index in [-0.39, 0.29) is 22.9 Å². The second-order valence-electron chi connectivity index (χ2n) is 3.87. The zero-order chi connectivity index (χ0) is 15.5. The standard InChI is InChI=1S/C12H14ClF2NO4/c1-3-20-11(18)12(14,15)10(16)6-4-7(13)9(17)8(5-6)19-2/h4-5,10,17H,3,16H2,1-2H3/t10-/m0/s1. The van der Waals surface area contributed by atoms with Crippen molar-refractivity contribution < 1.29 is 28.2 Å². The minimum absolute atomic E-state index is 0.123. The maximum absolute atomic E-state index is 13.8. The molecule has 0 saturated carbocycles. The Kier molecular flexibility index (Phi) is 5.13. The predicted octanol–water partition coefficient (Wildman–Crippen LogP) is 2.25. The molecule has 0 unspecified atom stereocenters. The molecule has 0 saturated heterocycles. The lowest BCUT2D eigenvalue weighted by atomic mass is 10.0. The minimum Gasteiger partial charge on any atom is -0.503 e. The number of nitrogens with two attached hydrogens (primary N) is 1. The summed E-state index contributed by atoms with van der Waals surface area (Å²) < 4.78 is 36.7. The fraction of sp³-hybridized carbons (Fsp3) is 0.417. The Bertz CT molecular complexity index is 510. The van der Waals surface area contributed by atoms with Gasteiger partial charge in [-0.15, -0.1) is 0 Å². The molecule has 5 nitrogen and oxygen atoms in total. The van der Waals surface area contributed by atoms with Gasteiger partial charge in [0.05, 0.1) is 18.7 Å². The fourth-order valence-corrected chi connectivity index (χ4v) is 1.71. The number of methoxy groups -OCH3 is 1. The molecule has 1 rings (SSSR count). The van der Waals surface area contributed by atoms with Crippen LogP contribution in [0.4, 0.5) is 8.78 Å². The van der Waals surface area contributed by atoms with Crippen molar-refractivity contribution in [1.82, 2.24) is 0 Å². The number of ether oxygens (including phenoxy) is 2. The van der Waals surface area contributed by atoms with E-state index in [2.05, 4.69) is 4.74 Å². The summed E-state index contributed by atoms with van der Waals surface area (Å²) in [7, 11) is 1.23. The molecule has 0 heterocycles. The summed E-state index contributed by atoms with van der Waals surface area (Å²) >= 11 is 5.69. The van der Waals surface area contributed by atoms with Crippen LogP contribution in [-0.4, -0.2) is 30.7 Å². The van der Waals surface area contributed by atoms with Gasteiger partial charge in [-0.1, -0.05) is 11.6 Å². The molecular weight excluding hydrogens is 296 g/mol. The second-order valence-corrected chi connectivity index (χ2v) is 4.28. The van der Waals surface area contributed by atoms with Crippen LogP contribution in [0.25, 0.3) is 0 Å². The molecule has 3 N–H and O–H groups in total. The topological polar surface area (TPSA) is 81.8 Å². The summed E-state index contributed by atoms with van der Waals surface area (Å²) in [5, 5.41) is 9.31. The van der Waals surface area contributed by atoms with Gasteiger partial charge < -0.3 is 20.3 Å². The van der Waals surface area contributed by atoms with E-state index in [1.54, 1.807) is 0 Å². The summed E-state index contributed by atoms with van der Waals surface area (Å²) in [6.45, 7) is 1.21. The van der Waals surface area contributed by atoms with Crippen molar-refractivity contribution in [3.05, 3.63) is 22.7 Å². The molecule has 8 heteroatoms. The van der Waals surface area contributed by atoms with E-state index in [0.29, 0.717) is 0 Å². The highest BCUT2D eigenvalue weighted by Crippen LogP contribution is 2.39. The van der Waals surface area contributed by atoms with Crippen molar-refractivity contribution in [1.29, 1.82) is 0 Å². The third-order valence-corrected chi connectivity index (χ3v) is 2.86. The lowest BCUT2D eigenvalue weighted by Crippen LogP contribution is -2.41. The molecule has 0 radical (unpaired) electrons. The Morgan fingerprint density at radius 3 is 2.65 bits per heavy atom. The third kappa shape index (κ3) is 3.10. The molecule has 1 atom stereocenters. The number of phenolic OH excluding ortho intramolecular Hbond substituents is 1. The molecule has 0 fully saturated rings. The first-order valence-corrected chi connectivity index (χ1v) is 6.00. The van der Waals surface area contributed by atoms with Crippen LogP contribution in [0.1, 0.15) is 18.5 Å². The van der Waals surface area contributed by atoms with Crippen LogP contribution in [0.2, 0.25) is 5.02 Å². The van der Waals surface area contributed by atoms with Crippen molar-refractivity contribution in [3.63, 3.8) is 0 Å². The monoisotopic (exact) mass is 309 g/mol. The fourth-order valence-electron chi connectivity index (χ4n) is 1.49. The molecule has 1 aromatic rings. The number of carbonyl (C=O) groups is 1. The Balaban J connectivity index is 3.17. The van der Waals surface area contributed by atoms with Gasteiger partial charge in [0.25, 0.3) is 0 Å². The molecule has 0 aromatic heterocycles. The molecule has 0 aliphatic heterocycles. The number of carbonyl (C=O) groups excluding carboxylic acids is 1. The normalized spacial score (nSPS) is 12.9. The van der Waals surface area contributed by atoms with Gasteiger partial charge >= 0.3 is 11.9 Å². The molecule has 0 spiro atoms. The van der Waals surface area contributed by atoms with Gasteiger partial charge in [0.15, 0.2) is 11.5 Å². The van der Waals surface area contributed by atoms with Gasteiger partial charge in [-0.05, 0) is 24.6 Å². The Morgan fingerprint density at radius 1 is 1.55 bits per heavy atom. The first kappa shape index (κ1) is 16.5. The van der Waals surface area contributed by atoms with Crippen LogP contribution in [0.5, 0.6) is 11.5 Å². The average Bonchev–Trinajstić information content (AvgIpc) is 2.41. The summed E-state index contributed by atoms with van der Waals surface area (Å²) in [5.41, 5.74) is 5.24. The molecule has 0 aliphatic carbocycles. The van der Waals surface area contributed by atoms with Gasteiger partial charge in [-0.3, -0.25) is 0 Å². The van der Waals surface area contributed by atoms with E-state index >= 15 is 0 Å². The zero-order valence-electron chi connectivity index (χ0n) is 10.8. The summed E-state index contributed by atoms with van der Waals surface area (Å²) in [6.07, 6.45) is 0. The average molecular weight is 310 g/mol. The molecule has 112 valence electrons. The van der Waals surface area contributed by atoms with Crippen molar-refractivity contribution in [3.8, 4) is 11.5 Å². The predicted molar refractivity (Wildman–Crippen MR) is 68.2 cm³/mol. The number of hydrogen-bond acceptors (Lipinski definition) is 5. The van der Waals surface area contributed by atoms with Crippen LogP contribution in [0.3, 0.4) is 0 Å². The van der Waals surface area contributed by atoms with E-state index in [4.69, 9.17) is 22.1 Å². The van der Waals surface area contributed by atoms with E-state index in [0.717, 1.165) is 12.1 Å². The third-order valence-electron chi connectivity index (χ3n) is 2.57.